The number of benzene rings is 1. The van der Waals surface area contributed by atoms with E-state index in [9.17, 15) is 4.79 Å². The Hall–Kier alpha value is -3.20. The fourth-order valence-corrected chi connectivity index (χ4v) is 2.18. The molecule has 0 spiro atoms. The lowest BCUT2D eigenvalue weighted by atomic mass is 10.2. The van der Waals surface area contributed by atoms with Gasteiger partial charge in [0.2, 0.25) is 5.95 Å². The molecular weight excluding hydrogens is 278 g/mol. The number of hydrogen-bond donors (Lipinski definition) is 1. The highest BCUT2D eigenvalue weighted by molar-refractivity contribution is 6.07. The molecule has 3 rings (SSSR count). The van der Waals surface area contributed by atoms with Gasteiger partial charge in [0.15, 0.2) is 0 Å². The lowest BCUT2D eigenvalue weighted by Crippen LogP contribution is -2.26. The SMILES string of the molecule is N#Cc1ccc(N/C=C2\CCN(c3ncccn3)C2=O)cc1. The minimum atomic E-state index is -0.0904. The second-order valence-corrected chi connectivity index (χ2v) is 4.76. The van der Waals surface area contributed by atoms with Crippen molar-refractivity contribution in [3.63, 3.8) is 0 Å². The van der Waals surface area contributed by atoms with E-state index in [2.05, 4.69) is 21.4 Å². The fourth-order valence-electron chi connectivity index (χ4n) is 2.18. The van der Waals surface area contributed by atoms with E-state index < -0.39 is 0 Å². The fraction of sp³-hybridized carbons (Fsp3) is 0.125. The van der Waals surface area contributed by atoms with Crippen molar-refractivity contribution < 1.29 is 4.79 Å². The molecule has 2 heterocycles. The van der Waals surface area contributed by atoms with E-state index in [1.165, 1.54) is 0 Å². The number of nitrogens with zero attached hydrogens (tertiary/aromatic N) is 4. The first-order chi connectivity index (χ1) is 10.8. The number of anilines is 2. The van der Waals surface area contributed by atoms with Crippen molar-refractivity contribution in [2.24, 2.45) is 0 Å². The molecule has 2 aromatic rings. The van der Waals surface area contributed by atoms with Gasteiger partial charge in [0, 0.05) is 36.4 Å². The quantitative estimate of drug-likeness (QED) is 0.875. The monoisotopic (exact) mass is 291 g/mol. The van der Waals surface area contributed by atoms with Gasteiger partial charge in [0.25, 0.3) is 5.91 Å². The summed E-state index contributed by atoms with van der Waals surface area (Å²) in [6.45, 7) is 0.573. The molecule has 0 bridgehead atoms. The molecule has 1 saturated heterocycles. The van der Waals surface area contributed by atoms with Crippen LogP contribution in [0.3, 0.4) is 0 Å². The van der Waals surface area contributed by atoms with E-state index in [1.807, 2.05) is 0 Å². The molecule has 1 aromatic carbocycles. The topological polar surface area (TPSA) is 81.9 Å². The number of carbonyl (C=O) groups is 1. The lowest BCUT2D eigenvalue weighted by molar-refractivity contribution is -0.114. The van der Waals surface area contributed by atoms with Crippen molar-refractivity contribution in [2.75, 3.05) is 16.8 Å². The second-order valence-electron chi connectivity index (χ2n) is 4.76. The minimum Gasteiger partial charge on any atom is -0.361 e. The Morgan fingerprint density at radius 3 is 2.64 bits per heavy atom. The van der Waals surface area contributed by atoms with Gasteiger partial charge in [-0.1, -0.05) is 0 Å². The summed E-state index contributed by atoms with van der Waals surface area (Å²) in [5.74, 6) is 0.335. The number of amides is 1. The normalized spacial score (nSPS) is 15.9. The van der Waals surface area contributed by atoms with Gasteiger partial charge in [-0.05, 0) is 36.8 Å². The number of rotatable bonds is 3. The molecule has 0 atom stereocenters. The van der Waals surface area contributed by atoms with E-state index in [4.69, 9.17) is 5.26 Å². The van der Waals surface area contributed by atoms with Crippen LogP contribution in [-0.4, -0.2) is 22.4 Å². The van der Waals surface area contributed by atoms with E-state index in [0.717, 1.165) is 5.69 Å². The van der Waals surface area contributed by atoms with E-state index in [1.54, 1.807) is 53.8 Å². The van der Waals surface area contributed by atoms with Crippen molar-refractivity contribution in [1.82, 2.24) is 9.97 Å². The molecule has 0 unspecified atom stereocenters. The molecule has 1 aromatic heterocycles. The summed E-state index contributed by atoms with van der Waals surface area (Å²) in [7, 11) is 0. The molecule has 1 amide bonds. The highest BCUT2D eigenvalue weighted by Gasteiger charge is 2.28. The van der Waals surface area contributed by atoms with Gasteiger partial charge < -0.3 is 5.32 Å². The first kappa shape index (κ1) is 13.8. The predicted molar refractivity (Wildman–Crippen MR) is 81.9 cm³/mol. The average molecular weight is 291 g/mol. The van der Waals surface area contributed by atoms with Crippen molar-refractivity contribution in [3.8, 4) is 6.07 Å². The van der Waals surface area contributed by atoms with Crippen LogP contribution in [0.2, 0.25) is 0 Å². The average Bonchev–Trinajstić information content (AvgIpc) is 2.95. The van der Waals surface area contributed by atoms with Gasteiger partial charge in [-0.25, -0.2) is 9.97 Å². The van der Waals surface area contributed by atoms with Crippen LogP contribution in [0.5, 0.6) is 0 Å². The number of nitriles is 1. The van der Waals surface area contributed by atoms with Gasteiger partial charge in [-0.3, -0.25) is 9.69 Å². The Bertz CT molecular complexity index is 746. The van der Waals surface area contributed by atoms with Crippen LogP contribution < -0.4 is 10.2 Å². The first-order valence-corrected chi connectivity index (χ1v) is 6.82. The Morgan fingerprint density at radius 2 is 1.95 bits per heavy atom. The van der Waals surface area contributed by atoms with E-state index >= 15 is 0 Å². The number of aromatic nitrogens is 2. The molecule has 6 nitrogen and oxygen atoms in total. The smallest absolute Gasteiger partial charge is 0.258 e. The third-order valence-corrected chi connectivity index (χ3v) is 3.35. The molecule has 1 aliphatic rings. The third kappa shape index (κ3) is 2.79. The van der Waals surface area contributed by atoms with Crippen LogP contribution >= 0.6 is 0 Å². The van der Waals surface area contributed by atoms with E-state index in [-0.39, 0.29) is 5.91 Å². The summed E-state index contributed by atoms with van der Waals surface area (Å²) in [4.78, 5) is 22.1. The maximum absolute atomic E-state index is 12.3. The van der Waals surface area contributed by atoms with Crippen LogP contribution in [-0.2, 0) is 4.79 Å². The van der Waals surface area contributed by atoms with Crippen LogP contribution in [0.25, 0.3) is 0 Å². The summed E-state index contributed by atoms with van der Waals surface area (Å²) < 4.78 is 0. The molecule has 1 N–H and O–H groups in total. The lowest BCUT2D eigenvalue weighted by Gasteiger charge is -2.11. The van der Waals surface area contributed by atoms with Crippen molar-refractivity contribution in [1.29, 1.82) is 5.26 Å². The van der Waals surface area contributed by atoms with Crippen LogP contribution in [0.4, 0.5) is 11.6 Å². The van der Waals surface area contributed by atoms with Crippen molar-refractivity contribution in [2.45, 2.75) is 6.42 Å². The Balaban J connectivity index is 1.70. The maximum Gasteiger partial charge on any atom is 0.258 e. The van der Waals surface area contributed by atoms with Gasteiger partial charge in [0.1, 0.15) is 0 Å². The van der Waals surface area contributed by atoms with Crippen molar-refractivity contribution in [3.05, 3.63) is 60.1 Å². The largest absolute Gasteiger partial charge is 0.361 e. The Labute approximate surface area is 127 Å². The minimum absolute atomic E-state index is 0.0904. The summed E-state index contributed by atoms with van der Waals surface area (Å²) in [5.41, 5.74) is 2.10. The van der Waals surface area contributed by atoms with Gasteiger partial charge in [-0.15, -0.1) is 0 Å². The van der Waals surface area contributed by atoms with Crippen LogP contribution in [0.15, 0.2) is 54.5 Å². The molecule has 1 aliphatic heterocycles. The highest BCUT2D eigenvalue weighted by atomic mass is 16.2. The maximum atomic E-state index is 12.3. The standard InChI is InChI=1S/C16H13N5O/c17-10-12-2-4-14(5-3-12)20-11-13-6-9-21(15(13)22)16-18-7-1-8-19-16/h1-5,7-8,11,20H,6,9H2/b13-11+. The van der Waals surface area contributed by atoms with Crippen LogP contribution in [0.1, 0.15) is 12.0 Å². The van der Waals surface area contributed by atoms with E-state index in [0.29, 0.717) is 30.1 Å². The third-order valence-electron chi connectivity index (χ3n) is 3.35. The molecule has 22 heavy (non-hydrogen) atoms. The summed E-state index contributed by atoms with van der Waals surface area (Å²) in [5, 5.41) is 11.8. The van der Waals surface area contributed by atoms with Gasteiger partial charge in [0.05, 0.1) is 11.6 Å². The predicted octanol–water partition coefficient (Wildman–Crippen LogP) is 2.08. The summed E-state index contributed by atoms with van der Waals surface area (Å²) >= 11 is 0. The zero-order valence-corrected chi connectivity index (χ0v) is 11.7. The zero-order chi connectivity index (χ0) is 15.4. The van der Waals surface area contributed by atoms with Crippen molar-refractivity contribution >= 4 is 17.5 Å². The molecule has 6 heteroatoms. The Kier molecular flexibility index (Phi) is 3.79. The number of nitrogens with one attached hydrogen (secondary N) is 1. The number of hydrogen-bond acceptors (Lipinski definition) is 5. The highest BCUT2D eigenvalue weighted by Crippen LogP contribution is 2.21. The molecule has 108 valence electrons. The van der Waals surface area contributed by atoms with Gasteiger partial charge >= 0.3 is 0 Å². The summed E-state index contributed by atoms with van der Waals surface area (Å²) in [6, 6.07) is 10.8. The van der Waals surface area contributed by atoms with Gasteiger partial charge in [-0.2, -0.15) is 5.26 Å². The molecule has 0 saturated carbocycles. The molecule has 0 aliphatic carbocycles. The number of carbonyl (C=O) groups excluding carboxylic acids is 1. The second kappa shape index (κ2) is 6.06. The molecule has 1 fully saturated rings. The molecular formula is C16H13N5O. The first-order valence-electron chi connectivity index (χ1n) is 6.82. The van der Waals surface area contributed by atoms with Crippen LogP contribution in [0, 0.1) is 11.3 Å². The zero-order valence-electron chi connectivity index (χ0n) is 11.7. The Morgan fingerprint density at radius 1 is 1.23 bits per heavy atom. The summed E-state index contributed by atoms with van der Waals surface area (Å²) in [6.07, 6.45) is 5.58. The molecule has 0 radical (unpaired) electrons.